The second-order valence-electron chi connectivity index (χ2n) is 5.04. The summed E-state index contributed by atoms with van der Waals surface area (Å²) in [6.45, 7) is 2.60. The van der Waals surface area contributed by atoms with Gasteiger partial charge in [0.2, 0.25) is 5.91 Å². The van der Waals surface area contributed by atoms with Gasteiger partial charge in [0.1, 0.15) is 5.88 Å². The number of halogens is 1. The first kappa shape index (κ1) is 11.2. The molecule has 2 N–H and O–H groups in total. The Labute approximate surface area is 95.9 Å². The molecule has 2 rings (SSSR count). The molecule has 0 aromatic heterocycles. The second kappa shape index (κ2) is 4.30. The number of nitrogens with two attached hydrogens (primary N) is 1. The Bertz CT molecular complexity index is 259. The van der Waals surface area contributed by atoms with Crippen LogP contribution in [0, 0.1) is 11.3 Å². The summed E-state index contributed by atoms with van der Waals surface area (Å²) < 4.78 is 0. The fraction of sp³-hybridized carbons (Fsp3) is 0.909. The maximum Gasteiger partial charge on any atom is 0.237 e. The summed E-state index contributed by atoms with van der Waals surface area (Å²) in [5.41, 5.74) is 6.08. The van der Waals surface area contributed by atoms with Crippen LogP contribution < -0.4 is 5.73 Å². The quantitative estimate of drug-likeness (QED) is 0.725. The predicted molar refractivity (Wildman–Crippen MR) is 60.7 cm³/mol. The smallest absolute Gasteiger partial charge is 0.237 e. The lowest BCUT2D eigenvalue weighted by molar-refractivity contribution is -0.127. The zero-order valence-corrected chi connectivity index (χ0v) is 9.80. The van der Waals surface area contributed by atoms with Crippen LogP contribution in [0.25, 0.3) is 0 Å². The molecule has 0 bridgehead atoms. The van der Waals surface area contributed by atoms with Gasteiger partial charge >= 0.3 is 0 Å². The van der Waals surface area contributed by atoms with E-state index in [-0.39, 0.29) is 11.8 Å². The van der Waals surface area contributed by atoms with Gasteiger partial charge < -0.3 is 10.6 Å². The fourth-order valence-electron chi connectivity index (χ4n) is 3.13. The van der Waals surface area contributed by atoms with E-state index in [9.17, 15) is 4.79 Å². The molecule has 1 saturated heterocycles. The van der Waals surface area contributed by atoms with Gasteiger partial charge in [-0.25, -0.2) is 0 Å². The molecule has 2 unspecified atom stereocenters. The van der Waals surface area contributed by atoms with E-state index in [2.05, 4.69) is 0 Å². The molecule has 0 aromatic rings. The Morgan fingerprint density at radius 1 is 1.53 bits per heavy atom. The third kappa shape index (κ3) is 2.13. The van der Waals surface area contributed by atoms with Crippen molar-refractivity contribution in [1.82, 2.24) is 4.90 Å². The summed E-state index contributed by atoms with van der Waals surface area (Å²) in [5.74, 6) is 0.886. The second-order valence-corrected chi connectivity index (χ2v) is 5.31. The molecular formula is C11H19ClN2O. The first-order valence-corrected chi connectivity index (χ1v) is 6.26. The molecule has 4 heteroatoms. The zero-order valence-electron chi connectivity index (χ0n) is 9.04. The van der Waals surface area contributed by atoms with Crippen molar-refractivity contribution in [1.29, 1.82) is 0 Å². The van der Waals surface area contributed by atoms with Gasteiger partial charge in [-0.15, -0.1) is 11.6 Å². The van der Waals surface area contributed by atoms with Crippen molar-refractivity contribution in [2.24, 2.45) is 17.1 Å². The summed E-state index contributed by atoms with van der Waals surface area (Å²) in [7, 11) is 0. The predicted octanol–water partition coefficient (Wildman–Crippen LogP) is 1.20. The molecular weight excluding hydrogens is 212 g/mol. The molecule has 15 heavy (non-hydrogen) atoms. The lowest BCUT2D eigenvalue weighted by Crippen LogP contribution is -2.32. The molecule has 1 spiro atoms. The molecule has 2 aliphatic rings. The van der Waals surface area contributed by atoms with E-state index in [1.165, 1.54) is 19.3 Å². The van der Waals surface area contributed by atoms with E-state index < -0.39 is 0 Å². The van der Waals surface area contributed by atoms with Crippen molar-refractivity contribution >= 4 is 17.5 Å². The highest BCUT2D eigenvalue weighted by Gasteiger charge is 2.44. The molecule has 0 radical (unpaired) electrons. The van der Waals surface area contributed by atoms with Crippen LogP contribution >= 0.6 is 11.6 Å². The Kier molecular flexibility index (Phi) is 3.21. The molecule has 1 aliphatic heterocycles. The first-order valence-electron chi connectivity index (χ1n) is 5.73. The van der Waals surface area contributed by atoms with Gasteiger partial charge in [0.25, 0.3) is 0 Å². The monoisotopic (exact) mass is 230 g/mol. The summed E-state index contributed by atoms with van der Waals surface area (Å²) in [4.78, 5) is 13.4. The van der Waals surface area contributed by atoms with Crippen LogP contribution in [0.5, 0.6) is 0 Å². The number of hydrogen-bond acceptors (Lipinski definition) is 2. The molecule has 3 nitrogen and oxygen atoms in total. The molecule has 1 aliphatic carbocycles. The molecule has 86 valence electrons. The van der Waals surface area contributed by atoms with E-state index in [1.807, 2.05) is 4.90 Å². The average Bonchev–Trinajstić information content (AvgIpc) is 2.86. The normalized spacial score (nSPS) is 35.3. The van der Waals surface area contributed by atoms with Crippen LogP contribution in [-0.2, 0) is 4.79 Å². The van der Waals surface area contributed by atoms with Crippen molar-refractivity contribution in [3.8, 4) is 0 Å². The van der Waals surface area contributed by atoms with E-state index in [0.29, 0.717) is 11.3 Å². The molecule has 1 amide bonds. The van der Waals surface area contributed by atoms with Gasteiger partial charge in [0.15, 0.2) is 0 Å². The van der Waals surface area contributed by atoms with E-state index >= 15 is 0 Å². The number of amides is 1. The van der Waals surface area contributed by atoms with Crippen molar-refractivity contribution in [3.05, 3.63) is 0 Å². The van der Waals surface area contributed by atoms with E-state index in [4.69, 9.17) is 17.3 Å². The van der Waals surface area contributed by atoms with Crippen molar-refractivity contribution in [2.45, 2.75) is 25.7 Å². The van der Waals surface area contributed by atoms with Crippen LogP contribution in [-0.4, -0.2) is 36.3 Å². The number of alkyl halides is 1. The minimum absolute atomic E-state index is 0.0877. The lowest BCUT2D eigenvalue weighted by Gasteiger charge is -2.23. The highest BCUT2D eigenvalue weighted by atomic mass is 35.5. The summed E-state index contributed by atoms with van der Waals surface area (Å²) >= 11 is 5.57. The first-order chi connectivity index (χ1) is 7.19. The third-order valence-electron chi connectivity index (χ3n) is 4.04. The maximum absolute atomic E-state index is 11.5. The number of carbonyl (C=O) groups excluding carboxylic acids is 1. The van der Waals surface area contributed by atoms with Gasteiger partial charge in [-0.1, -0.05) is 0 Å². The van der Waals surface area contributed by atoms with E-state index in [1.54, 1.807) is 0 Å². The lowest BCUT2D eigenvalue weighted by atomic mass is 9.84. The largest absolute Gasteiger partial charge is 0.341 e. The standard InChI is InChI=1S/C11H19ClN2O/c12-6-10(15)14-4-3-11(8-14)2-1-9(5-11)7-13/h9H,1-8,13H2. The SMILES string of the molecule is NCC1CCC2(CCN(C(=O)CCl)C2)C1. The van der Waals surface area contributed by atoms with Gasteiger partial charge in [0, 0.05) is 13.1 Å². The van der Waals surface area contributed by atoms with Crippen LogP contribution in [0.15, 0.2) is 0 Å². The Balaban J connectivity index is 1.94. The molecule has 2 atom stereocenters. The topological polar surface area (TPSA) is 46.3 Å². The van der Waals surface area contributed by atoms with Crippen LogP contribution in [0.1, 0.15) is 25.7 Å². The van der Waals surface area contributed by atoms with Crippen LogP contribution in [0.4, 0.5) is 0 Å². The maximum atomic E-state index is 11.5. The fourth-order valence-corrected chi connectivity index (χ4v) is 3.30. The van der Waals surface area contributed by atoms with E-state index in [0.717, 1.165) is 26.1 Å². The van der Waals surface area contributed by atoms with Crippen LogP contribution in [0.3, 0.4) is 0 Å². The summed E-state index contributed by atoms with van der Waals surface area (Å²) in [6.07, 6.45) is 4.82. The molecule has 1 heterocycles. The Morgan fingerprint density at radius 2 is 2.33 bits per heavy atom. The van der Waals surface area contributed by atoms with Gasteiger partial charge in [-0.3, -0.25) is 4.79 Å². The minimum atomic E-state index is 0.0877. The van der Waals surface area contributed by atoms with Crippen molar-refractivity contribution in [2.75, 3.05) is 25.5 Å². The van der Waals surface area contributed by atoms with Crippen molar-refractivity contribution in [3.63, 3.8) is 0 Å². The minimum Gasteiger partial charge on any atom is -0.341 e. The number of rotatable bonds is 2. The zero-order chi connectivity index (χ0) is 10.9. The Hall–Kier alpha value is -0.280. The average molecular weight is 231 g/mol. The summed E-state index contributed by atoms with van der Waals surface area (Å²) in [6, 6.07) is 0. The molecule has 1 saturated carbocycles. The van der Waals surface area contributed by atoms with Gasteiger partial charge in [-0.2, -0.15) is 0 Å². The van der Waals surface area contributed by atoms with Crippen LogP contribution in [0.2, 0.25) is 0 Å². The molecule has 0 aromatic carbocycles. The summed E-state index contributed by atoms with van der Waals surface area (Å²) in [5, 5.41) is 0. The highest BCUT2D eigenvalue weighted by Crippen LogP contribution is 2.47. The Morgan fingerprint density at radius 3 is 2.93 bits per heavy atom. The van der Waals surface area contributed by atoms with Gasteiger partial charge in [-0.05, 0) is 43.6 Å². The number of carbonyl (C=O) groups is 1. The number of likely N-dealkylation sites (tertiary alicyclic amines) is 1. The van der Waals surface area contributed by atoms with Crippen molar-refractivity contribution < 1.29 is 4.79 Å². The molecule has 2 fully saturated rings. The number of hydrogen-bond donors (Lipinski definition) is 1. The highest BCUT2D eigenvalue weighted by molar-refractivity contribution is 6.27. The third-order valence-corrected chi connectivity index (χ3v) is 4.27. The van der Waals surface area contributed by atoms with Gasteiger partial charge in [0.05, 0.1) is 0 Å². The number of nitrogens with zero attached hydrogens (tertiary/aromatic N) is 1.